The van der Waals surface area contributed by atoms with Gasteiger partial charge in [0.05, 0.1) is 20.8 Å². The standard InChI is InChI=1S/C21H19ClN2O3S/c22-16-7-3-5-14(11-16)21(26)27-13-19(25)24-10-4-6-15(12-24)20-23-17-8-1-2-9-18(17)28-20/h1-3,5,7-9,11,15H,4,6,10,12-13H2/t15-/m1/s1. The molecular weight excluding hydrogens is 396 g/mol. The maximum atomic E-state index is 12.6. The maximum Gasteiger partial charge on any atom is 0.338 e. The summed E-state index contributed by atoms with van der Waals surface area (Å²) in [5.41, 5.74) is 1.34. The van der Waals surface area contributed by atoms with Crippen molar-refractivity contribution in [3.05, 3.63) is 64.1 Å². The number of fused-ring (bicyclic) bond motifs is 1. The first-order valence-corrected chi connectivity index (χ1v) is 10.4. The fraction of sp³-hybridized carbons (Fsp3) is 0.286. The first-order chi connectivity index (χ1) is 13.6. The molecule has 1 aliphatic rings. The van der Waals surface area contributed by atoms with E-state index in [2.05, 4.69) is 6.07 Å². The average Bonchev–Trinajstić information content (AvgIpc) is 3.16. The van der Waals surface area contributed by atoms with Gasteiger partial charge in [-0.2, -0.15) is 0 Å². The summed E-state index contributed by atoms with van der Waals surface area (Å²) in [7, 11) is 0. The highest BCUT2D eigenvalue weighted by molar-refractivity contribution is 7.18. The highest BCUT2D eigenvalue weighted by atomic mass is 35.5. The zero-order valence-corrected chi connectivity index (χ0v) is 16.7. The highest BCUT2D eigenvalue weighted by Gasteiger charge is 2.27. The number of ether oxygens (including phenoxy) is 1. The number of halogens is 1. The zero-order chi connectivity index (χ0) is 19.5. The summed E-state index contributed by atoms with van der Waals surface area (Å²) in [6.07, 6.45) is 1.92. The van der Waals surface area contributed by atoms with Crippen molar-refractivity contribution in [1.82, 2.24) is 9.88 Å². The lowest BCUT2D eigenvalue weighted by Crippen LogP contribution is -2.41. The van der Waals surface area contributed by atoms with Crippen LogP contribution in [0.3, 0.4) is 0 Å². The van der Waals surface area contributed by atoms with Gasteiger partial charge in [-0.05, 0) is 43.2 Å². The Bertz CT molecular complexity index is 987. The lowest BCUT2D eigenvalue weighted by molar-refractivity contribution is -0.135. The van der Waals surface area contributed by atoms with Crippen molar-refractivity contribution in [2.24, 2.45) is 0 Å². The Labute approximate surface area is 171 Å². The summed E-state index contributed by atoms with van der Waals surface area (Å²) in [4.78, 5) is 31.2. The molecule has 1 fully saturated rings. The molecule has 144 valence electrons. The molecule has 0 spiro atoms. The predicted molar refractivity (Wildman–Crippen MR) is 110 cm³/mol. The molecule has 5 nitrogen and oxygen atoms in total. The monoisotopic (exact) mass is 414 g/mol. The number of thiazole rings is 1. The number of carbonyl (C=O) groups is 2. The van der Waals surface area contributed by atoms with Crippen molar-refractivity contribution >= 4 is 45.0 Å². The van der Waals surface area contributed by atoms with Gasteiger partial charge in [-0.1, -0.05) is 29.8 Å². The molecule has 0 radical (unpaired) electrons. The van der Waals surface area contributed by atoms with Crippen molar-refractivity contribution in [3.8, 4) is 0 Å². The van der Waals surface area contributed by atoms with E-state index in [1.54, 1.807) is 34.4 Å². The Balaban J connectivity index is 1.37. The second-order valence-corrected chi connectivity index (χ2v) is 8.28. The Morgan fingerprint density at radius 2 is 2.07 bits per heavy atom. The van der Waals surface area contributed by atoms with Crippen LogP contribution in [0.15, 0.2) is 48.5 Å². The van der Waals surface area contributed by atoms with Crippen molar-refractivity contribution in [1.29, 1.82) is 0 Å². The number of amides is 1. The van der Waals surface area contributed by atoms with E-state index in [0.717, 1.165) is 28.1 Å². The Morgan fingerprint density at radius 3 is 2.89 bits per heavy atom. The second kappa shape index (κ2) is 8.29. The van der Waals surface area contributed by atoms with Gasteiger partial charge < -0.3 is 9.64 Å². The molecule has 3 aromatic rings. The normalized spacial score (nSPS) is 16.9. The van der Waals surface area contributed by atoms with Crippen LogP contribution in [0.5, 0.6) is 0 Å². The average molecular weight is 415 g/mol. The minimum Gasteiger partial charge on any atom is -0.452 e. The van der Waals surface area contributed by atoms with E-state index in [-0.39, 0.29) is 18.4 Å². The lowest BCUT2D eigenvalue weighted by Gasteiger charge is -2.31. The molecular formula is C21H19ClN2O3S. The van der Waals surface area contributed by atoms with Gasteiger partial charge >= 0.3 is 5.97 Å². The van der Waals surface area contributed by atoms with E-state index in [1.165, 1.54) is 6.07 Å². The van der Waals surface area contributed by atoms with Gasteiger partial charge in [0.15, 0.2) is 6.61 Å². The Hall–Kier alpha value is -2.44. The molecule has 0 bridgehead atoms. The fourth-order valence-electron chi connectivity index (χ4n) is 3.39. The van der Waals surface area contributed by atoms with Crippen LogP contribution in [0.25, 0.3) is 10.2 Å². The number of esters is 1. The quantitative estimate of drug-likeness (QED) is 0.589. The Kier molecular flexibility index (Phi) is 5.59. The predicted octanol–water partition coefficient (Wildman–Crippen LogP) is 4.51. The molecule has 4 rings (SSSR count). The molecule has 7 heteroatoms. The molecule has 1 saturated heterocycles. The largest absolute Gasteiger partial charge is 0.452 e. The molecule has 1 amide bonds. The van der Waals surface area contributed by atoms with Gasteiger partial charge in [-0.15, -0.1) is 11.3 Å². The van der Waals surface area contributed by atoms with Gasteiger partial charge in [0.2, 0.25) is 0 Å². The lowest BCUT2D eigenvalue weighted by atomic mass is 9.99. The van der Waals surface area contributed by atoms with Crippen LogP contribution in [0.1, 0.15) is 34.1 Å². The van der Waals surface area contributed by atoms with E-state index in [4.69, 9.17) is 21.3 Å². The first-order valence-electron chi connectivity index (χ1n) is 9.16. The number of para-hydroxylation sites is 1. The minimum atomic E-state index is -0.546. The molecule has 0 aliphatic carbocycles. The van der Waals surface area contributed by atoms with Gasteiger partial charge in [0.1, 0.15) is 0 Å². The van der Waals surface area contributed by atoms with Crippen LogP contribution in [0.2, 0.25) is 5.02 Å². The molecule has 0 N–H and O–H groups in total. The topological polar surface area (TPSA) is 59.5 Å². The molecule has 0 saturated carbocycles. The summed E-state index contributed by atoms with van der Waals surface area (Å²) >= 11 is 7.58. The van der Waals surface area contributed by atoms with Crippen LogP contribution >= 0.6 is 22.9 Å². The van der Waals surface area contributed by atoms with Crippen molar-refractivity contribution in [3.63, 3.8) is 0 Å². The van der Waals surface area contributed by atoms with Crippen LogP contribution in [-0.4, -0.2) is 41.5 Å². The fourth-order valence-corrected chi connectivity index (χ4v) is 4.67. The van der Waals surface area contributed by atoms with Crippen molar-refractivity contribution in [2.45, 2.75) is 18.8 Å². The molecule has 2 aromatic carbocycles. The number of likely N-dealkylation sites (tertiary alicyclic amines) is 1. The maximum absolute atomic E-state index is 12.6. The van der Waals surface area contributed by atoms with Gasteiger partial charge in [0.25, 0.3) is 5.91 Å². The molecule has 2 heterocycles. The second-order valence-electron chi connectivity index (χ2n) is 6.79. The number of nitrogens with zero attached hydrogens (tertiary/aromatic N) is 2. The van der Waals surface area contributed by atoms with Crippen molar-refractivity contribution in [2.75, 3.05) is 19.7 Å². The summed E-state index contributed by atoms with van der Waals surface area (Å²) in [5, 5.41) is 1.52. The third-order valence-electron chi connectivity index (χ3n) is 4.82. The van der Waals surface area contributed by atoms with Crippen LogP contribution in [0, 0.1) is 0 Å². The van der Waals surface area contributed by atoms with Crippen LogP contribution in [-0.2, 0) is 9.53 Å². The summed E-state index contributed by atoms with van der Waals surface area (Å²) in [6, 6.07) is 14.6. The minimum absolute atomic E-state index is 0.179. The number of hydrogen-bond donors (Lipinski definition) is 0. The van der Waals surface area contributed by atoms with Crippen LogP contribution in [0.4, 0.5) is 0 Å². The summed E-state index contributed by atoms with van der Waals surface area (Å²) in [6.45, 7) is 1.01. The van der Waals surface area contributed by atoms with Crippen LogP contribution < -0.4 is 0 Å². The highest BCUT2D eigenvalue weighted by Crippen LogP contribution is 2.32. The van der Waals surface area contributed by atoms with E-state index < -0.39 is 5.97 Å². The molecule has 0 unspecified atom stereocenters. The third-order valence-corrected chi connectivity index (χ3v) is 6.25. The number of aromatic nitrogens is 1. The smallest absolute Gasteiger partial charge is 0.338 e. The van der Waals surface area contributed by atoms with Gasteiger partial charge in [-0.25, -0.2) is 9.78 Å². The van der Waals surface area contributed by atoms with Gasteiger partial charge in [0, 0.05) is 24.0 Å². The van der Waals surface area contributed by atoms with Gasteiger partial charge in [-0.3, -0.25) is 4.79 Å². The number of carbonyl (C=O) groups excluding carboxylic acids is 2. The number of piperidine rings is 1. The number of hydrogen-bond acceptors (Lipinski definition) is 5. The van der Waals surface area contributed by atoms with E-state index in [0.29, 0.717) is 23.7 Å². The number of rotatable bonds is 4. The SMILES string of the molecule is O=C(OCC(=O)N1CCC[C@@H](c2nc3ccccc3s2)C1)c1cccc(Cl)c1. The van der Waals surface area contributed by atoms with Crippen molar-refractivity contribution < 1.29 is 14.3 Å². The van der Waals surface area contributed by atoms with E-state index >= 15 is 0 Å². The summed E-state index contributed by atoms with van der Waals surface area (Å²) in [5.74, 6) is -0.504. The van der Waals surface area contributed by atoms with E-state index in [9.17, 15) is 9.59 Å². The number of benzene rings is 2. The first kappa shape index (κ1) is 18.9. The Morgan fingerprint density at radius 1 is 1.21 bits per heavy atom. The summed E-state index contributed by atoms with van der Waals surface area (Å²) < 4.78 is 6.35. The molecule has 1 aliphatic heterocycles. The molecule has 1 aromatic heterocycles. The van der Waals surface area contributed by atoms with E-state index in [1.807, 2.05) is 18.2 Å². The zero-order valence-electron chi connectivity index (χ0n) is 15.1. The molecule has 1 atom stereocenters. The molecule has 28 heavy (non-hydrogen) atoms. The third kappa shape index (κ3) is 4.18.